The molecule has 4 nitrogen and oxygen atoms in total. The lowest BCUT2D eigenvalue weighted by atomic mass is 9.70. The molecule has 174 valence electrons. The maximum atomic E-state index is 12.9. The zero-order valence-electron chi connectivity index (χ0n) is 17.9. The van der Waals surface area contributed by atoms with Crippen LogP contribution in [0.4, 0.5) is 17.6 Å². The van der Waals surface area contributed by atoms with Crippen molar-refractivity contribution in [2.24, 2.45) is 0 Å². The van der Waals surface area contributed by atoms with Crippen molar-refractivity contribution < 1.29 is 31.8 Å². The lowest BCUT2D eigenvalue weighted by molar-refractivity contribution is -0.274. The van der Waals surface area contributed by atoms with Gasteiger partial charge in [0, 0.05) is 18.9 Å². The maximum Gasteiger partial charge on any atom is 0.573 e. The number of hydrogen-bond donors (Lipinski definition) is 1. The number of rotatable bonds is 9. The number of halogens is 4. The Hall–Kier alpha value is -3.55. The average molecular weight is 461 g/mol. The molecule has 1 unspecified atom stereocenters. The predicted octanol–water partition coefficient (Wildman–Crippen LogP) is 5.56. The Morgan fingerprint density at radius 2 is 1.48 bits per heavy atom. The molecule has 3 rings (SSSR count). The summed E-state index contributed by atoms with van der Waals surface area (Å²) >= 11 is 0. The summed E-state index contributed by atoms with van der Waals surface area (Å²) < 4.78 is 60.7. The predicted molar refractivity (Wildman–Crippen MR) is 116 cm³/mol. The maximum absolute atomic E-state index is 12.9. The zero-order valence-corrected chi connectivity index (χ0v) is 17.9. The fourth-order valence-corrected chi connectivity index (χ4v) is 3.79. The molecule has 0 heterocycles. The molecular formula is C25H23F4NO3. The Labute approximate surface area is 189 Å². The standard InChI is InChI=1S/C25H23F4NO3/c1-18(31)30-16-24(15-19-7-3-2-4-8-19,20-9-5-11-22(13-20)32-17-26)21-10-6-12-23(14-21)33-25(27,28)29/h2-14H,15-17H2,1H3,(H,30,31). The molecule has 0 spiro atoms. The van der Waals surface area contributed by atoms with E-state index >= 15 is 0 Å². The Morgan fingerprint density at radius 3 is 2.06 bits per heavy atom. The molecule has 0 radical (unpaired) electrons. The minimum atomic E-state index is -4.85. The van der Waals surface area contributed by atoms with Gasteiger partial charge in [0.05, 0.1) is 0 Å². The molecule has 33 heavy (non-hydrogen) atoms. The Morgan fingerprint density at radius 1 is 0.879 bits per heavy atom. The van der Waals surface area contributed by atoms with Gasteiger partial charge in [-0.2, -0.15) is 0 Å². The van der Waals surface area contributed by atoms with E-state index in [1.807, 2.05) is 30.3 Å². The van der Waals surface area contributed by atoms with Gasteiger partial charge in [0.2, 0.25) is 12.8 Å². The van der Waals surface area contributed by atoms with E-state index in [0.717, 1.165) is 5.56 Å². The van der Waals surface area contributed by atoms with Crippen LogP contribution in [-0.2, 0) is 16.6 Å². The van der Waals surface area contributed by atoms with Gasteiger partial charge < -0.3 is 14.8 Å². The molecule has 1 N–H and O–H groups in total. The summed E-state index contributed by atoms with van der Waals surface area (Å²) in [5.74, 6) is -0.416. The number of nitrogens with one attached hydrogen (secondary N) is 1. The van der Waals surface area contributed by atoms with Gasteiger partial charge in [-0.1, -0.05) is 54.6 Å². The molecular weight excluding hydrogens is 438 g/mol. The molecule has 0 fully saturated rings. The summed E-state index contributed by atoms with van der Waals surface area (Å²) in [4.78, 5) is 11.9. The van der Waals surface area contributed by atoms with Crippen LogP contribution in [0.2, 0.25) is 0 Å². The monoisotopic (exact) mass is 461 g/mol. The highest BCUT2D eigenvalue weighted by Gasteiger charge is 2.37. The van der Waals surface area contributed by atoms with Crippen LogP contribution in [-0.4, -0.2) is 25.7 Å². The Kier molecular flexibility index (Phi) is 7.58. The summed E-state index contributed by atoms with van der Waals surface area (Å²) in [5.41, 5.74) is 1.00. The summed E-state index contributed by atoms with van der Waals surface area (Å²) in [6, 6.07) is 21.6. The molecule has 1 amide bonds. The fourth-order valence-electron chi connectivity index (χ4n) is 3.79. The Balaban J connectivity index is 2.21. The largest absolute Gasteiger partial charge is 0.573 e. The highest BCUT2D eigenvalue weighted by molar-refractivity contribution is 5.73. The van der Waals surface area contributed by atoms with Crippen LogP contribution in [0.5, 0.6) is 11.5 Å². The molecule has 8 heteroatoms. The molecule has 3 aromatic carbocycles. The first-order chi connectivity index (χ1) is 15.7. The van der Waals surface area contributed by atoms with Crippen LogP contribution in [0.1, 0.15) is 23.6 Å². The second kappa shape index (κ2) is 10.4. The van der Waals surface area contributed by atoms with E-state index in [4.69, 9.17) is 4.74 Å². The number of amides is 1. The lowest BCUT2D eigenvalue weighted by Crippen LogP contribution is -2.43. The first kappa shape index (κ1) is 24.1. The van der Waals surface area contributed by atoms with Crippen LogP contribution < -0.4 is 14.8 Å². The molecule has 0 bridgehead atoms. The topological polar surface area (TPSA) is 47.6 Å². The third kappa shape index (κ3) is 6.47. The fraction of sp³-hybridized carbons (Fsp3) is 0.240. The number of ether oxygens (including phenoxy) is 2. The van der Waals surface area contributed by atoms with Gasteiger partial charge in [-0.3, -0.25) is 4.79 Å². The van der Waals surface area contributed by atoms with E-state index in [-0.39, 0.29) is 24.0 Å². The van der Waals surface area contributed by atoms with Gasteiger partial charge in [0.25, 0.3) is 0 Å². The van der Waals surface area contributed by atoms with Gasteiger partial charge in [-0.25, -0.2) is 4.39 Å². The van der Waals surface area contributed by atoms with Crippen LogP contribution in [0.25, 0.3) is 0 Å². The number of alkyl halides is 4. The van der Waals surface area contributed by atoms with Crippen molar-refractivity contribution in [3.8, 4) is 11.5 Å². The van der Waals surface area contributed by atoms with E-state index in [1.54, 1.807) is 30.3 Å². The van der Waals surface area contributed by atoms with Gasteiger partial charge in [-0.05, 0) is 47.4 Å². The van der Waals surface area contributed by atoms with Crippen molar-refractivity contribution in [2.75, 3.05) is 13.4 Å². The lowest BCUT2D eigenvalue weighted by Gasteiger charge is -2.36. The van der Waals surface area contributed by atoms with Crippen LogP contribution in [0.15, 0.2) is 78.9 Å². The molecule has 0 aliphatic carbocycles. The average Bonchev–Trinajstić information content (AvgIpc) is 2.77. The Bertz CT molecular complexity index is 1070. The number of hydrogen-bond acceptors (Lipinski definition) is 3. The van der Waals surface area contributed by atoms with Gasteiger partial charge in [0.1, 0.15) is 11.5 Å². The third-order valence-corrected chi connectivity index (χ3v) is 5.22. The summed E-state index contributed by atoms with van der Waals surface area (Å²) in [6.45, 7) is 0.403. The van der Waals surface area contributed by atoms with Gasteiger partial charge >= 0.3 is 6.36 Å². The third-order valence-electron chi connectivity index (χ3n) is 5.22. The summed E-state index contributed by atoms with van der Waals surface area (Å²) in [6.07, 6.45) is -4.52. The van der Waals surface area contributed by atoms with Crippen molar-refractivity contribution in [3.63, 3.8) is 0 Å². The molecule has 0 saturated heterocycles. The highest BCUT2D eigenvalue weighted by Crippen LogP contribution is 2.39. The summed E-state index contributed by atoms with van der Waals surface area (Å²) in [5, 5.41) is 2.81. The van der Waals surface area contributed by atoms with Gasteiger partial charge in [0.15, 0.2) is 0 Å². The van der Waals surface area contributed by atoms with Crippen LogP contribution in [0.3, 0.4) is 0 Å². The molecule has 3 aromatic rings. The number of carbonyl (C=O) groups is 1. The van der Waals surface area contributed by atoms with Crippen LogP contribution in [0, 0.1) is 0 Å². The van der Waals surface area contributed by atoms with Crippen LogP contribution >= 0.6 is 0 Å². The van der Waals surface area contributed by atoms with Crippen molar-refractivity contribution in [3.05, 3.63) is 95.6 Å². The molecule has 1 atom stereocenters. The molecule has 0 aliphatic rings. The van der Waals surface area contributed by atoms with Crippen molar-refractivity contribution >= 4 is 5.91 Å². The zero-order chi connectivity index (χ0) is 23.9. The smallest absolute Gasteiger partial charge is 0.463 e. The first-order valence-corrected chi connectivity index (χ1v) is 10.2. The quantitative estimate of drug-likeness (QED) is 0.425. The van der Waals surface area contributed by atoms with Crippen molar-refractivity contribution in [1.82, 2.24) is 5.32 Å². The normalized spacial score (nSPS) is 13.1. The SMILES string of the molecule is CC(=O)NCC(Cc1ccccc1)(c1cccc(OCF)c1)c1cccc(OC(F)(F)F)c1. The van der Waals surface area contributed by atoms with E-state index in [1.165, 1.54) is 25.1 Å². The summed E-state index contributed by atoms with van der Waals surface area (Å²) in [7, 11) is 0. The second-order valence-corrected chi connectivity index (χ2v) is 7.51. The van der Waals surface area contributed by atoms with E-state index in [2.05, 4.69) is 10.1 Å². The molecule has 0 aromatic heterocycles. The molecule has 0 aliphatic heterocycles. The first-order valence-electron chi connectivity index (χ1n) is 10.2. The van der Waals surface area contributed by atoms with E-state index < -0.39 is 18.6 Å². The van der Waals surface area contributed by atoms with E-state index in [9.17, 15) is 22.4 Å². The second-order valence-electron chi connectivity index (χ2n) is 7.51. The minimum absolute atomic E-state index is 0.0752. The number of benzene rings is 3. The highest BCUT2D eigenvalue weighted by atomic mass is 19.4. The van der Waals surface area contributed by atoms with Crippen molar-refractivity contribution in [2.45, 2.75) is 25.1 Å². The molecule has 0 saturated carbocycles. The van der Waals surface area contributed by atoms with E-state index in [0.29, 0.717) is 17.5 Å². The van der Waals surface area contributed by atoms with Gasteiger partial charge in [-0.15, -0.1) is 13.2 Å². The number of carbonyl (C=O) groups excluding carboxylic acids is 1. The van der Waals surface area contributed by atoms with Crippen molar-refractivity contribution in [1.29, 1.82) is 0 Å². The minimum Gasteiger partial charge on any atom is -0.463 e.